The van der Waals surface area contributed by atoms with Gasteiger partial charge in [-0.3, -0.25) is 9.59 Å². The quantitative estimate of drug-likeness (QED) is 0.559. The van der Waals surface area contributed by atoms with Crippen LogP contribution in [-0.4, -0.2) is 50.0 Å². The molecule has 0 aromatic rings. The van der Waals surface area contributed by atoms with Gasteiger partial charge in [0.05, 0.1) is 17.2 Å². The predicted octanol–water partition coefficient (Wildman–Crippen LogP) is -0.880. The monoisotopic (exact) mass is 292 g/mol. The van der Waals surface area contributed by atoms with Crippen LogP contribution in [0.1, 0.15) is 25.7 Å². The van der Waals surface area contributed by atoms with E-state index in [1.807, 2.05) is 0 Å². The summed E-state index contributed by atoms with van der Waals surface area (Å²) in [7, 11) is -3.16. The number of hydrogen-bond acceptors (Lipinski definition) is 5. The second-order valence-corrected chi connectivity index (χ2v) is 7.44. The first-order valence-corrected chi connectivity index (χ1v) is 8.17. The first-order chi connectivity index (χ1) is 8.66. The number of carbonyl (C=O) groups is 2. The molecule has 1 aliphatic carbocycles. The lowest BCUT2D eigenvalue weighted by Crippen LogP contribution is -2.51. The van der Waals surface area contributed by atoms with E-state index in [0.29, 0.717) is 12.8 Å². The van der Waals surface area contributed by atoms with E-state index in [0.717, 1.165) is 12.7 Å². The molecule has 8 heteroatoms. The zero-order valence-corrected chi connectivity index (χ0v) is 11.7. The molecule has 1 amide bonds. The van der Waals surface area contributed by atoms with Crippen LogP contribution in [-0.2, 0) is 19.4 Å². The zero-order chi connectivity index (χ0) is 14.7. The topological polar surface area (TPSA) is 127 Å². The SMILES string of the molecule is CS(=O)(=O)CCC(N)C(=O)NCC1(C(=O)O)CCC1. The lowest BCUT2D eigenvalue weighted by Gasteiger charge is -2.37. The van der Waals surface area contributed by atoms with Gasteiger partial charge < -0.3 is 16.2 Å². The van der Waals surface area contributed by atoms with Gasteiger partial charge in [-0.2, -0.15) is 0 Å². The smallest absolute Gasteiger partial charge is 0.311 e. The predicted molar refractivity (Wildman–Crippen MR) is 69.2 cm³/mol. The van der Waals surface area contributed by atoms with E-state index in [1.54, 1.807) is 0 Å². The molecule has 19 heavy (non-hydrogen) atoms. The summed E-state index contributed by atoms with van der Waals surface area (Å²) in [6.45, 7) is 0.0493. The maximum atomic E-state index is 11.6. The summed E-state index contributed by atoms with van der Waals surface area (Å²) in [6.07, 6.45) is 3.03. The molecule has 0 heterocycles. The van der Waals surface area contributed by atoms with Crippen LogP contribution in [0.2, 0.25) is 0 Å². The summed E-state index contributed by atoms with van der Waals surface area (Å²) in [6, 6.07) is -0.930. The summed E-state index contributed by atoms with van der Waals surface area (Å²) < 4.78 is 21.9. The van der Waals surface area contributed by atoms with E-state index < -0.39 is 33.2 Å². The maximum Gasteiger partial charge on any atom is 0.311 e. The van der Waals surface area contributed by atoms with Crippen LogP contribution in [0, 0.1) is 5.41 Å². The van der Waals surface area contributed by atoms with Crippen molar-refractivity contribution in [3.8, 4) is 0 Å². The van der Waals surface area contributed by atoms with Crippen molar-refractivity contribution in [2.75, 3.05) is 18.6 Å². The standard InChI is InChI=1S/C11H20N2O5S/c1-19(17,18)6-3-8(12)9(14)13-7-11(10(15)16)4-2-5-11/h8H,2-7,12H2,1H3,(H,13,14)(H,15,16). The molecule has 4 N–H and O–H groups in total. The number of sulfone groups is 1. The molecule has 1 atom stereocenters. The van der Waals surface area contributed by atoms with Crippen LogP contribution in [0.5, 0.6) is 0 Å². The first kappa shape index (κ1) is 15.9. The highest BCUT2D eigenvalue weighted by molar-refractivity contribution is 7.90. The maximum absolute atomic E-state index is 11.6. The second-order valence-electron chi connectivity index (χ2n) is 5.18. The number of amides is 1. The Bertz CT molecular complexity index is 456. The number of carboxylic acids is 1. The van der Waals surface area contributed by atoms with E-state index in [2.05, 4.69) is 5.32 Å². The molecule has 0 aliphatic heterocycles. The Morgan fingerprint density at radius 2 is 2.00 bits per heavy atom. The molecule has 1 saturated carbocycles. The first-order valence-electron chi connectivity index (χ1n) is 6.11. The molecule has 0 radical (unpaired) electrons. The van der Waals surface area contributed by atoms with Crippen LogP contribution < -0.4 is 11.1 Å². The van der Waals surface area contributed by atoms with Crippen molar-refractivity contribution in [1.29, 1.82) is 0 Å². The largest absolute Gasteiger partial charge is 0.481 e. The molecule has 110 valence electrons. The summed E-state index contributed by atoms with van der Waals surface area (Å²) in [4.78, 5) is 22.7. The van der Waals surface area contributed by atoms with Crippen LogP contribution in [0.4, 0.5) is 0 Å². The lowest BCUT2D eigenvalue weighted by atomic mass is 9.69. The highest BCUT2D eigenvalue weighted by atomic mass is 32.2. The molecule has 1 rings (SSSR count). The average molecular weight is 292 g/mol. The summed E-state index contributed by atoms with van der Waals surface area (Å²) in [5.41, 5.74) is 4.70. The van der Waals surface area contributed by atoms with E-state index in [4.69, 9.17) is 10.8 Å². The van der Waals surface area contributed by atoms with Gasteiger partial charge >= 0.3 is 5.97 Å². The number of carboxylic acid groups (broad SMARTS) is 1. The fourth-order valence-electron chi connectivity index (χ4n) is 1.93. The molecule has 1 fully saturated rings. The molecule has 0 aromatic heterocycles. The minimum absolute atomic E-state index is 0.0325. The Morgan fingerprint density at radius 1 is 1.42 bits per heavy atom. The molecule has 1 unspecified atom stereocenters. The normalized spacial score (nSPS) is 19.3. The van der Waals surface area contributed by atoms with Gasteiger partial charge in [0.25, 0.3) is 0 Å². The Morgan fingerprint density at radius 3 is 2.37 bits per heavy atom. The summed E-state index contributed by atoms with van der Waals surface area (Å²) in [5.74, 6) is -1.58. The Balaban J connectivity index is 2.40. The number of nitrogens with two attached hydrogens (primary N) is 1. The second kappa shape index (κ2) is 5.87. The van der Waals surface area contributed by atoms with Gasteiger partial charge in [-0.05, 0) is 19.3 Å². The Labute approximate surface area is 112 Å². The van der Waals surface area contributed by atoms with Crippen LogP contribution >= 0.6 is 0 Å². The lowest BCUT2D eigenvalue weighted by molar-refractivity contribution is -0.154. The van der Waals surface area contributed by atoms with E-state index in [1.165, 1.54) is 0 Å². The molecule has 7 nitrogen and oxygen atoms in total. The zero-order valence-electron chi connectivity index (χ0n) is 10.9. The van der Waals surface area contributed by atoms with Crippen molar-refractivity contribution in [2.45, 2.75) is 31.7 Å². The van der Waals surface area contributed by atoms with E-state index in [-0.39, 0.29) is 18.7 Å². The number of hydrogen-bond donors (Lipinski definition) is 3. The van der Waals surface area contributed by atoms with Gasteiger partial charge in [-0.25, -0.2) is 8.42 Å². The molecule has 0 spiro atoms. The van der Waals surface area contributed by atoms with Crippen molar-refractivity contribution in [3.63, 3.8) is 0 Å². The molecular weight excluding hydrogens is 272 g/mol. The Hall–Kier alpha value is -1.15. The number of carbonyl (C=O) groups excluding carboxylic acids is 1. The third kappa shape index (κ3) is 4.46. The Kier molecular flexibility index (Phi) is 4.92. The van der Waals surface area contributed by atoms with Crippen molar-refractivity contribution < 1.29 is 23.1 Å². The third-order valence-electron chi connectivity index (χ3n) is 3.50. The fourth-order valence-corrected chi connectivity index (χ4v) is 2.61. The number of nitrogens with one attached hydrogen (secondary N) is 1. The summed E-state index contributed by atoms with van der Waals surface area (Å²) in [5, 5.41) is 11.6. The van der Waals surface area contributed by atoms with Crippen molar-refractivity contribution in [1.82, 2.24) is 5.32 Å². The highest BCUT2D eigenvalue weighted by Gasteiger charge is 2.44. The molecule has 0 saturated heterocycles. The third-order valence-corrected chi connectivity index (χ3v) is 4.48. The van der Waals surface area contributed by atoms with Gasteiger partial charge in [0, 0.05) is 12.8 Å². The van der Waals surface area contributed by atoms with Gasteiger partial charge in [0.2, 0.25) is 5.91 Å². The van der Waals surface area contributed by atoms with Crippen LogP contribution in [0.25, 0.3) is 0 Å². The van der Waals surface area contributed by atoms with Crippen molar-refractivity contribution in [2.24, 2.45) is 11.1 Å². The molecular formula is C11H20N2O5S. The van der Waals surface area contributed by atoms with E-state index in [9.17, 15) is 18.0 Å². The van der Waals surface area contributed by atoms with Crippen molar-refractivity contribution in [3.05, 3.63) is 0 Å². The minimum Gasteiger partial charge on any atom is -0.481 e. The fraction of sp³-hybridized carbons (Fsp3) is 0.818. The van der Waals surface area contributed by atoms with Gasteiger partial charge in [0.1, 0.15) is 9.84 Å². The van der Waals surface area contributed by atoms with Crippen molar-refractivity contribution >= 4 is 21.7 Å². The summed E-state index contributed by atoms with van der Waals surface area (Å²) >= 11 is 0. The van der Waals surface area contributed by atoms with Gasteiger partial charge in [-0.1, -0.05) is 6.42 Å². The van der Waals surface area contributed by atoms with Crippen LogP contribution in [0.3, 0.4) is 0 Å². The molecule has 0 aromatic carbocycles. The molecule has 1 aliphatic rings. The van der Waals surface area contributed by atoms with Crippen LogP contribution in [0.15, 0.2) is 0 Å². The van der Waals surface area contributed by atoms with Gasteiger partial charge in [0.15, 0.2) is 0 Å². The minimum atomic E-state index is -3.16. The van der Waals surface area contributed by atoms with E-state index >= 15 is 0 Å². The highest BCUT2D eigenvalue weighted by Crippen LogP contribution is 2.40. The number of rotatable bonds is 7. The molecule has 0 bridgehead atoms. The average Bonchev–Trinajstić information content (AvgIpc) is 2.22. The van der Waals surface area contributed by atoms with Gasteiger partial charge in [-0.15, -0.1) is 0 Å². The number of aliphatic carboxylic acids is 1.